The Hall–Kier alpha value is -2.28. The lowest BCUT2D eigenvalue weighted by Crippen LogP contribution is -2.39. The Balaban J connectivity index is 2.80. The Kier molecular flexibility index (Phi) is 5.33. The molecule has 3 N–H and O–H groups in total. The average molecular weight is 300 g/mol. The van der Waals surface area contributed by atoms with Gasteiger partial charge >= 0.3 is 12.0 Å². The third-order valence-corrected chi connectivity index (χ3v) is 2.62. The normalized spacial score (nSPS) is 9.75. The molecule has 20 heavy (non-hydrogen) atoms. The number of carboxylic acid groups (broad SMARTS) is 1. The molecular formula is C12H14ClN3O4. The summed E-state index contributed by atoms with van der Waals surface area (Å²) >= 11 is 5.77. The van der Waals surface area contributed by atoms with E-state index in [-0.39, 0.29) is 28.7 Å². The summed E-state index contributed by atoms with van der Waals surface area (Å²) in [6, 6.07) is 3.42. The lowest BCUT2D eigenvalue weighted by molar-refractivity contribution is -0.120. The van der Waals surface area contributed by atoms with Crippen LogP contribution >= 0.6 is 11.6 Å². The molecule has 0 bridgehead atoms. The zero-order valence-corrected chi connectivity index (χ0v) is 11.7. The summed E-state index contributed by atoms with van der Waals surface area (Å²) in [6.45, 7) is -0.116. The minimum absolute atomic E-state index is 0.0400. The predicted octanol–water partition coefficient (Wildman–Crippen LogP) is 1.25. The van der Waals surface area contributed by atoms with E-state index in [1.165, 1.54) is 32.3 Å². The van der Waals surface area contributed by atoms with Crippen LogP contribution in [0.2, 0.25) is 5.02 Å². The Labute approximate surface area is 120 Å². The van der Waals surface area contributed by atoms with Crippen LogP contribution in [0.1, 0.15) is 10.4 Å². The first-order valence-electron chi connectivity index (χ1n) is 5.60. The molecule has 0 saturated carbocycles. The number of nitrogens with one attached hydrogen (secondary N) is 2. The van der Waals surface area contributed by atoms with Gasteiger partial charge in [0.05, 0.1) is 5.56 Å². The van der Waals surface area contributed by atoms with E-state index in [1.54, 1.807) is 0 Å². The van der Waals surface area contributed by atoms with E-state index in [0.29, 0.717) is 0 Å². The lowest BCUT2D eigenvalue weighted by Gasteiger charge is -2.17. The van der Waals surface area contributed by atoms with Gasteiger partial charge in [0.25, 0.3) is 0 Å². The van der Waals surface area contributed by atoms with Crippen LogP contribution in [0.4, 0.5) is 10.5 Å². The number of likely N-dealkylation sites (N-methyl/N-ethyl adjacent to an activating group) is 2. The average Bonchev–Trinajstić information content (AvgIpc) is 2.37. The monoisotopic (exact) mass is 299 g/mol. The van der Waals surface area contributed by atoms with Crippen molar-refractivity contribution >= 4 is 35.2 Å². The smallest absolute Gasteiger partial charge is 0.335 e. The topological polar surface area (TPSA) is 98.7 Å². The Bertz CT molecular complexity index is 548. The number of anilines is 1. The van der Waals surface area contributed by atoms with Crippen LogP contribution in [0.15, 0.2) is 18.2 Å². The van der Waals surface area contributed by atoms with Gasteiger partial charge in [0, 0.05) is 24.8 Å². The second kappa shape index (κ2) is 6.76. The van der Waals surface area contributed by atoms with Crippen molar-refractivity contribution in [2.24, 2.45) is 0 Å². The van der Waals surface area contributed by atoms with Crippen molar-refractivity contribution in [3.05, 3.63) is 28.8 Å². The molecule has 0 unspecified atom stereocenters. The van der Waals surface area contributed by atoms with Crippen LogP contribution in [0, 0.1) is 0 Å². The molecule has 0 aliphatic carbocycles. The molecule has 1 rings (SSSR count). The van der Waals surface area contributed by atoms with Crippen molar-refractivity contribution in [2.45, 2.75) is 0 Å². The standard InChI is InChI=1S/C12H14ClN3O4/c1-14-10(17)6-16(2)12(20)15-9-4-7(11(18)19)3-8(13)5-9/h3-5H,6H2,1-2H3,(H,14,17)(H,15,20)(H,18,19). The number of hydrogen-bond donors (Lipinski definition) is 3. The number of hydrogen-bond acceptors (Lipinski definition) is 3. The first-order valence-corrected chi connectivity index (χ1v) is 5.98. The summed E-state index contributed by atoms with van der Waals surface area (Å²) in [6.07, 6.45) is 0. The third kappa shape index (κ3) is 4.43. The molecule has 0 fully saturated rings. The van der Waals surface area contributed by atoms with Gasteiger partial charge in [-0.15, -0.1) is 0 Å². The van der Waals surface area contributed by atoms with E-state index in [4.69, 9.17) is 16.7 Å². The van der Waals surface area contributed by atoms with Crippen LogP contribution in [0.25, 0.3) is 0 Å². The van der Waals surface area contributed by atoms with Crippen molar-refractivity contribution in [1.29, 1.82) is 0 Å². The van der Waals surface area contributed by atoms with Gasteiger partial charge < -0.3 is 20.6 Å². The van der Waals surface area contributed by atoms with Crippen molar-refractivity contribution in [1.82, 2.24) is 10.2 Å². The number of amides is 3. The van der Waals surface area contributed by atoms with Crippen molar-refractivity contribution in [3.63, 3.8) is 0 Å². The summed E-state index contributed by atoms with van der Waals surface area (Å²) in [5, 5.41) is 13.9. The van der Waals surface area contributed by atoms with Gasteiger partial charge in [0.2, 0.25) is 5.91 Å². The molecule has 0 atom stereocenters. The molecule has 0 aliphatic heterocycles. The highest BCUT2D eigenvalue weighted by atomic mass is 35.5. The fourth-order valence-corrected chi connectivity index (χ4v) is 1.61. The van der Waals surface area contributed by atoms with Crippen molar-refractivity contribution in [2.75, 3.05) is 26.0 Å². The number of halogens is 1. The van der Waals surface area contributed by atoms with Gasteiger partial charge in [0.15, 0.2) is 0 Å². The molecule has 0 aliphatic rings. The maximum atomic E-state index is 11.8. The summed E-state index contributed by atoms with van der Waals surface area (Å²) < 4.78 is 0. The number of benzene rings is 1. The van der Waals surface area contributed by atoms with Crippen LogP contribution in [-0.2, 0) is 4.79 Å². The number of carbonyl (C=O) groups is 3. The molecule has 108 valence electrons. The van der Waals surface area contributed by atoms with Gasteiger partial charge in [-0.1, -0.05) is 11.6 Å². The van der Waals surface area contributed by atoms with Crippen molar-refractivity contribution in [3.8, 4) is 0 Å². The third-order valence-electron chi connectivity index (χ3n) is 2.40. The van der Waals surface area contributed by atoms with Gasteiger partial charge in [0.1, 0.15) is 6.54 Å². The zero-order chi connectivity index (χ0) is 15.3. The summed E-state index contributed by atoms with van der Waals surface area (Å²) in [4.78, 5) is 35.0. The first-order chi connectivity index (χ1) is 9.33. The summed E-state index contributed by atoms with van der Waals surface area (Å²) in [5.41, 5.74) is 0.199. The minimum atomic E-state index is -1.15. The van der Waals surface area contributed by atoms with Crippen LogP contribution in [0.5, 0.6) is 0 Å². The van der Waals surface area contributed by atoms with E-state index in [0.717, 1.165) is 4.90 Å². The lowest BCUT2D eigenvalue weighted by atomic mass is 10.2. The fraction of sp³-hybridized carbons (Fsp3) is 0.250. The van der Waals surface area contributed by atoms with E-state index in [2.05, 4.69) is 10.6 Å². The van der Waals surface area contributed by atoms with E-state index in [1.807, 2.05) is 0 Å². The number of carboxylic acids is 1. The van der Waals surface area contributed by atoms with E-state index in [9.17, 15) is 14.4 Å². The Morgan fingerprint density at radius 1 is 1.30 bits per heavy atom. The summed E-state index contributed by atoms with van der Waals surface area (Å²) in [5.74, 6) is -1.47. The molecule has 1 aromatic carbocycles. The van der Waals surface area contributed by atoms with Gasteiger partial charge in [-0.3, -0.25) is 4.79 Å². The quantitative estimate of drug-likeness (QED) is 0.779. The first kappa shape index (κ1) is 15.8. The van der Waals surface area contributed by atoms with E-state index >= 15 is 0 Å². The maximum absolute atomic E-state index is 11.8. The SMILES string of the molecule is CNC(=O)CN(C)C(=O)Nc1cc(Cl)cc(C(=O)O)c1. The van der Waals surface area contributed by atoms with Gasteiger partial charge in [-0.05, 0) is 18.2 Å². The number of aromatic carboxylic acids is 1. The molecule has 0 radical (unpaired) electrons. The van der Waals surface area contributed by atoms with E-state index < -0.39 is 12.0 Å². The second-order valence-electron chi connectivity index (χ2n) is 3.99. The highest BCUT2D eigenvalue weighted by molar-refractivity contribution is 6.31. The molecule has 1 aromatic rings. The minimum Gasteiger partial charge on any atom is -0.478 e. The van der Waals surface area contributed by atoms with Crippen LogP contribution < -0.4 is 10.6 Å². The molecule has 0 heterocycles. The molecule has 3 amide bonds. The molecule has 7 nitrogen and oxygen atoms in total. The van der Waals surface area contributed by atoms with Gasteiger partial charge in [-0.2, -0.15) is 0 Å². The highest BCUT2D eigenvalue weighted by Gasteiger charge is 2.13. The van der Waals surface area contributed by atoms with Gasteiger partial charge in [-0.25, -0.2) is 9.59 Å². The molecule has 0 saturated heterocycles. The van der Waals surface area contributed by atoms with Crippen molar-refractivity contribution < 1.29 is 19.5 Å². The fourth-order valence-electron chi connectivity index (χ4n) is 1.37. The second-order valence-corrected chi connectivity index (χ2v) is 4.43. The van der Waals surface area contributed by atoms with Crippen LogP contribution in [-0.4, -0.2) is 48.6 Å². The van der Waals surface area contributed by atoms with Crippen LogP contribution in [0.3, 0.4) is 0 Å². The predicted molar refractivity (Wildman–Crippen MR) is 74.1 cm³/mol. The zero-order valence-electron chi connectivity index (χ0n) is 10.9. The molecular weight excluding hydrogens is 286 g/mol. The number of rotatable bonds is 4. The maximum Gasteiger partial charge on any atom is 0.335 e. The molecule has 8 heteroatoms. The number of urea groups is 1. The molecule has 0 aromatic heterocycles. The number of carbonyl (C=O) groups excluding carboxylic acids is 2. The summed E-state index contributed by atoms with van der Waals surface area (Å²) in [7, 11) is 2.90. The number of nitrogens with zero attached hydrogens (tertiary/aromatic N) is 1. The highest BCUT2D eigenvalue weighted by Crippen LogP contribution is 2.19. The largest absolute Gasteiger partial charge is 0.478 e. The molecule has 0 spiro atoms. The Morgan fingerprint density at radius 2 is 1.95 bits per heavy atom. The Morgan fingerprint density at radius 3 is 2.50 bits per heavy atom.